The standard InChI is InChI=1S/C15H13F3N2O.C10H13N3O2/c16-15(17,18)13-3-1-2-4-14(13)20-12-7-5-11(6-8-12)9-19-10-21;11-8-3-7(4-12-5-8)10(14)13-9-1-2-15-6-9/h1-8,10,20H,9H2,(H,19,21);3-5,9H,1-2,6,11H2,(H,13,14). The van der Waals surface area contributed by atoms with Crippen LogP contribution in [0, 0.1) is 0 Å². The minimum absolute atomic E-state index is 0.00349. The number of amides is 2. The first-order valence-corrected chi connectivity index (χ1v) is 11.0. The summed E-state index contributed by atoms with van der Waals surface area (Å²) in [5.41, 5.74) is 7.21. The van der Waals surface area contributed by atoms with Crippen molar-refractivity contribution in [3.05, 3.63) is 83.7 Å². The van der Waals surface area contributed by atoms with Gasteiger partial charge in [-0.1, -0.05) is 24.3 Å². The topological polar surface area (TPSA) is 118 Å². The van der Waals surface area contributed by atoms with Crippen LogP contribution in [0.15, 0.2) is 67.0 Å². The van der Waals surface area contributed by atoms with E-state index in [1.807, 2.05) is 0 Å². The van der Waals surface area contributed by atoms with Gasteiger partial charge in [0.05, 0.1) is 35.2 Å². The molecule has 1 atom stereocenters. The summed E-state index contributed by atoms with van der Waals surface area (Å²) < 4.78 is 43.8. The summed E-state index contributed by atoms with van der Waals surface area (Å²) >= 11 is 0. The van der Waals surface area contributed by atoms with Crippen molar-refractivity contribution < 1.29 is 27.5 Å². The number of halogens is 3. The number of alkyl halides is 3. The number of carbonyl (C=O) groups is 2. The Labute approximate surface area is 206 Å². The second-order valence-corrected chi connectivity index (χ2v) is 7.90. The number of aromatic nitrogens is 1. The van der Waals surface area contributed by atoms with E-state index in [2.05, 4.69) is 20.9 Å². The third kappa shape index (κ3) is 7.98. The molecule has 2 aromatic carbocycles. The number of nitrogens with one attached hydrogen (secondary N) is 3. The number of nitrogens with two attached hydrogens (primary N) is 1. The van der Waals surface area contributed by atoms with E-state index in [1.165, 1.54) is 24.5 Å². The van der Waals surface area contributed by atoms with E-state index in [1.54, 1.807) is 36.4 Å². The Morgan fingerprint density at radius 2 is 1.89 bits per heavy atom. The van der Waals surface area contributed by atoms with Gasteiger partial charge in [-0.05, 0) is 42.3 Å². The van der Waals surface area contributed by atoms with Gasteiger partial charge in [-0.25, -0.2) is 0 Å². The van der Waals surface area contributed by atoms with Crippen molar-refractivity contribution in [2.45, 2.75) is 25.2 Å². The van der Waals surface area contributed by atoms with Crippen molar-refractivity contribution in [2.75, 3.05) is 24.3 Å². The Kier molecular flexibility index (Phi) is 9.23. The molecular formula is C25H26F3N5O3. The fourth-order valence-electron chi connectivity index (χ4n) is 3.36. The Bertz CT molecular complexity index is 1150. The highest BCUT2D eigenvalue weighted by molar-refractivity contribution is 5.94. The number of ether oxygens (including phenoxy) is 1. The minimum atomic E-state index is -4.41. The van der Waals surface area contributed by atoms with Crippen molar-refractivity contribution in [1.82, 2.24) is 15.6 Å². The maximum Gasteiger partial charge on any atom is 0.418 e. The molecule has 4 rings (SSSR count). The minimum Gasteiger partial charge on any atom is -0.397 e. The molecule has 36 heavy (non-hydrogen) atoms. The zero-order valence-electron chi connectivity index (χ0n) is 19.2. The Morgan fingerprint density at radius 1 is 1.14 bits per heavy atom. The van der Waals surface area contributed by atoms with Gasteiger partial charge in [-0.15, -0.1) is 0 Å². The summed E-state index contributed by atoms with van der Waals surface area (Å²) in [5.74, 6) is -0.148. The van der Waals surface area contributed by atoms with Crippen LogP contribution in [0.25, 0.3) is 0 Å². The molecule has 1 aliphatic heterocycles. The molecule has 1 fully saturated rings. The van der Waals surface area contributed by atoms with E-state index in [0.717, 1.165) is 18.1 Å². The fraction of sp³-hybridized carbons (Fsp3) is 0.240. The number of nitrogen functional groups attached to an aromatic ring is 1. The average Bonchev–Trinajstić information content (AvgIpc) is 3.37. The Morgan fingerprint density at radius 3 is 2.53 bits per heavy atom. The van der Waals surface area contributed by atoms with Crippen molar-refractivity contribution in [3.63, 3.8) is 0 Å². The molecule has 1 unspecified atom stereocenters. The Balaban J connectivity index is 0.000000212. The summed E-state index contributed by atoms with van der Waals surface area (Å²) in [6.45, 7) is 1.67. The zero-order valence-corrected chi connectivity index (χ0v) is 19.2. The highest BCUT2D eigenvalue weighted by Gasteiger charge is 2.33. The predicted octanol–water partition coefficient (Wildman–Crippen LogP) is 3.88. The van der Waals surface area contributed by atoms with Gasteiger partial charge in [0.15, 0.2) is 0 Å². The van der Waals surface area contributed by atoms with E-state index in [-0.39, 0.29) is 17.6 Å². The second kappa shape index (κ2) is 12.5. The van der Waals surface area contributed by atoms with Crippen molar-refractivity contribution >= 4 is 29.4 Å². The summed E-state index contributed by atoms with van der Waals surface area (Å²) in [6, 6.07) is 13.8. The molecule has 2 amide bonds. The number of pyridine rings is 1. The van der Waals surface area contributed by atoms with E-state index >= 15 is 0 Å². The molecule has 3 aromatic rings. The molecule has 0 aliphatic carbocycles. The monoisotopic (exact) mass is 501 g/mol. The van der Waals surface area contributed by atoms with Gasteiger partial charge in [0, 0.05) is 31.2 Å². The molecule has 5 N–H and O–H groups in total. The SMILES string of the molecule is Nc1cncc(C(=O)NC2CCOC2)c1.O=CNCc1ccc(Nc2ccccc2C(F)(F)F)cc1. The summed E-state index contributed by atoms with van der Waals surface area (Å²) in [5, 5.41) is 8.13. The lowest BCUT2D eigenvalue weighted by Crippen LogP contribution is -2.35. The van der Waals surface area contributed by atoms with Crippen LogP contribution in [0.5, 0.6) is 0 Å². The first-order chi connectivity index (χ1) is 17.3. The van der Waals surface area contributed by atoms with Gasteiger partial charge in [0.25, 0.3) is 5.91 Å². The predicted molar refractivity (Wildman–Crippen MR) is 129 cm³/mol. The van der Waals surface area contributed by atoms with Crippen LogP contribution in [0.3, 0.4) is 0 Å². The number of benzene rings is 2. The zero-order chi connectivity index (χ0) is 26.0. The largest absolute Gasteiger partial charge is 0.418 e. The number of para-hydroxylation sites is 1. The average molecular weight is 502 g/mol. The molecule has 1 aromatic heterocycles. The molecule has 0 spiro atoms. The lowest BCUT2D eigenvalue weighted by Gasteiger charge is -2.14. The molecule has 11 heteroatoms. The van der Waals surface area contributed by atoms with Crippen molar-refractivity contribution in [1.29, 1.82) is 0 Å². The van der Waals surface area contributed by atoms with Crippen LogP contribution < -0.4 is 21.7 Å². The highest BCUT2D eigenvalue weighted by Crippen LogP contribution is 2.35. The third-order valence-electron chi connectivity index (χ3n) is 5.14. The normalized spacial score (nSPS) is 14.8. The summed E-state index contributed by atoms with van der Waals surface area (Å²) in [4.78, 5) is 25.7. The lowest BCUT2D eigenvalue weighted by molar-refractivity contribution is -0.136. The fourth-order valence-corrected chi connectivity index (χ4v) is 3.36. The first-order valence-electron chi connectivity index (χ1n) is 11.0. The molecule has 8 nitrogen and oxygen atoms in total. The smallest absolute Gasteiger partial charge is 0.397 e. The summed E-state index contributed by atoms with van der Waals surface area (Å²) in [6.07, 6.45) is 0.0571. The van der Waals surface area contributed by atoms with Crippen LogP contribution in [-0.2, 0) is 22.3 Å². The number of carbonyl (C=O) groups excluding carboxylic acids is 2. The molecule has 0 saturated carbocycles. The van der Waals surface area contributed by atoms with Gasteiger partial charge in [-0.3, -0.25) is 14.6 Å². The van der Waals surface area contributed by atoms with Gasteiger partial charge in [0.2, 0.25) is 6.41 Å². The van der Waals surface area contributed by atoms with Gasteiger partial charge in [-0.2, -0.15) is 13.2 Å². The van der Waals surface area contributed by atoms with Crippen LogP contribution in [0.2, 0.25) is 0 Å². The number of hydrogen-bond donors (Lipinski definition) is 4. The molecule has 2 heterocycles. The lowest BCUT2D eigenvalue weighted by atomic mass is 10.1. The molecule has 1 aliphatic rings. The molecule has 190 valence electrons. The van der Waals surface area contributed by atoms with Crippen LogP contribution in [-0.4, -0.2) is 36.6 Å². The number of anilines is 3. The van der Waals surface area contributed by atoms with Gasteiger partial charge in [0.1, 0.15) is 0 Å². The van der Waals surface area contributed by atoms with Gasteiger partial charge < -0.3 is 26.4 Å². The first kappa shape index (κ1) is 26.5. The second-order valence-electron chi connectivity index (χ2n) is 7.90. The maximum atomic E-state index is 12.9. The number of hydrogen-bond acceptors (Lipinski definition) is 6. The molecule has 0 radical (unpaired) electrons. The highest BCUT2D eigenvalue weighted by atomic mass is 19.4. The van der Waals surface area contributed by atoms with Crippen LogP contribution >= 0.6 is 0 Å². The molecular weight excluding hydrogens is 475 g/mol. The maximum absolute atomic E-state index is 12.9. The van der Waals surface area contributed by atoms with Crippen LogP contribution in [0.1, 0.15) is 27.9 Å². The Hall–Kier alpha value is -4.12. The van der Waals surface area contributed by atoms with Crippen molar-refractivity contribution in [3.8, 4) is 0 Å². The summed E-state index contributed by atoms with van der Waals surface area (Å²) in [7, 11) is 0. The van der Waals surface area contributed by atoms with E-state index in [0.29, 0.717) is 43.1 Å². The quantitative estimate of drug-likeness (QED) is 0.365. The van der Waals surface area contributed by atoms with Gasteiger partial charge >= 0.3 is 6.18 Å². The molecule has 0 bridgehead atoms. The molecule has 1 saturated heterocycles. The number of rotatable bonds is 7. The van der Waals surface area contributed by atoms with E-state index in [4.69, 9.17) is 10.5 Å². The third-order valence-corrected chi connectivity index (χ3v) is 5.14. The van der Waals surface area contributed by atoms with E-state index < -0.39 is 11.7 Å². The van der Waals surface area contributed by atoms with Crippen LogP contribution in [0.4, 0.5) is 30.2 Å². The van der Waals surface area contributed by atoms with E-state index in [9.17, 15) is 22.8 Å². The van der Waals surface area contributed by atoms with Crippen molar-refractivity contribution in [2.24, 2.45) is 0 Å². The number of nitrogens with zero attached hydrogens (tertiary/aromatic N) is 1.